The van der Waals surface area contributed by atoms with E-state index < -0.39 is 0 Å². The van der Waals surface area contributed by atoms with Crippen molar-refractivity contribution in [2.75, 3.05) is 31.9 Å². The van der Waals surface area contributed by atoms with Gasteiger partial charge in [0.25, 0.3) is 5.91 Å². The second-order valence-corrected chi connectivity index (χ2v) is 7.57. The Kier molecular flexibility index (Phi) is 5.34. The van der Waals surface area contributed by atoms with Crippen molar-refractivity contribution in [3.05, 3.63) is 42.2 Å². The molecule has 1 aromatic carbocycles. The highest BCUT2D eigenvalue weighted by molar-refractivity contribution is 5.95. The minimum Gasteiger partial charge on any atom is -0.368 e. The van der Waals surface area contributed by atoms with Crippen LogP contribution in [0.3, 0.4) is 0 Å². The average molecular weight is 365 g/mol. The van der Waals surface area contributed by atoms with E-state index in [2.05, 4.69) is 19.8 Å². The molecule has 142 valence electrons. The molecule has 1 amide bonds. The third kappa shape index (κ3) is 4.11. The molecular weight excluding hydrogens is 338 g/mol. The number of anilines is 1. The molecule has 2 aromatic rings. The van der Waals surface area contributed by atoms with Crippen LogP contribution in [0, 0.1) is 0 Å². The lowest BCUT2D eigenvalue weighted by molar-refractivity contribution is 0.0560. The molecule has 6 nitrogen and oxygen atoms in total. The quantitative estimate of drug-likeness (QED) is 0.902. The van der Waals surface area contributed by atoms with Crippen molar-refractivity contribution in [2.24, 2.45) is 0 Å². The third-order valence-electron chi connectivity index (χ3n) is 5.67. The number of amides is 1. The van der Waals surface area contributed by atoms with Gasteiger partial charge < -0.3 is 15.5 Å². The Morgan fingerprint density at radius 3 is 2.56 bits per heavy atom. The van der Waals surface area contributed by atoms with Crippen LogP contribution in [0.15, 0.2) is 36.7 Å². The maximum Gasteiger partial charge on any atom is 0.254 e. The van der Waals surface area contributed by atoms with Crippen LogP contribution >= 0.6 is 0 Å². The first-order chi connectivity index (χ1) is 13.2. The van der Waals surface area contributed by atoms with Gasteiger partial charge in [0.15, 0.2) is 0 Å². The summed E-state index contributed by atoms with van der Waals surface area (Å²) < 4.78 is 0. The fourth-order valence-corrected chi connectivity index (χ4v) is 4.21. The van der Waals surface area contributed by atoms with E-state index >= 15 is 0 Å². The van der Waals surface area contributed by atoms with Crippen molar-refractivity contribution in [3.63, 3.8) is 0 Å². The maximum absolute atomic E-state index is 13.3. The number of aromatic nitrogens is 2. The molecule has 2 aliphatic heterocycles. The molecule has 0 spiro atoms. The molecule has 2 saturated heterocycles. The SMILES string of the molecule is Nc1ncc(-c2cccc(C(=O)N3CCCC[C@H]3CN3CCCC3)c2)cn1. The van der Waals surface area contributed by atoms with Crippen LogP contribution in [0.4, 0.5) is 5.95 Å². The number of rotatable bonds is 4. The van der Waals surface area contributed by atoms with Crippen molar-refractivity contribution < 1.29 is 4.79 Å². The topological polar surface area (TPSA) is 75.3 Å². The molecule has 6 heteroatoms. The van der Waals surface area contributed by atoms with Crippen molar-refractivity contribution in [1.82, 2.24) is 19.8 Å². The molecule has 0 aliphatic carbocycles. The minimum absolute atomic E-state index is 0.136. The molecule has 0 radical (unpaired) electrons. The summed E-state index contributed by atoms with van der Waals surface area (Å²) in [5, 5.41) is 0. The van der Waals surface area contributed by atoms with E-state index in [1.54, 1.807) is 12.4 Å². The molecule has 0 saturated carbocycles. The Balaban J connectivity index is 1.53. The van der Waals surface area contributed by atoms with E-state index in [0.29, 0.717) is 6.04 Å². The molecule has 4 rings (SSSR count). The summed E-state index contributed by atoms with van der Waals surface area (Å²) in [5.74, 6) is 0.390. The number of hydrogen-bond donors (Lipinski definition) is 1. The van der Waals surface area contributed by atoms with Crippen molar-refractivity contribution in [1.29, 1.82) is 0 Å². The van der Waals surface area contributed by atoms with Gasteiger partial charge in [-0.2, -0.15) is 0 Å². The standard InChI is InChI=1S/C21H27N5O/c22-21-23-13-18(14-24-21)16-6-5-7-17(12-16)20(27)26-11-2-1-8-19(26)15-25-9-3-4-10-25/h5-7,12-14,19H,1-4,8-11,15H2,(H2,22,23,24)/t19-/m0/s1. The third-order valence-corrected chi connectivity index (χ3v) is 5.67. The van der Waals surface area contributed by atoms with Gasteiger partial charge in [-0.1, -0.05) is 12.1 Å². The van der Waals surface area contributed by atoms with Crippen molar-refractivity contribution in [2.45, 2.75) is 38.1 Å². The van der Waals surface area contributed by atoms with Crippen molar-refractivity contribution in [3.8, 4) is 11.1 Å². The summed E-state index contributed by atoms with van der Waals surface area (Å²) in [5.41, 5.74) is 8.12. The zero-order chi connectivity index (χ0) is 18.6. The molecule has 2 fully saturated rings. The van der Waals surface area contributed by atoms with E-state index in [9.17, 15) is 4.79 Å². The Hall–Kier alpha value is -2.47. The largest absolute Gasteiger partial charge is 0.368 e. The smallest absolute Gasteiger partial charge is 0.254 e. The first-order valence-corrected chi connectivity index (χ1v) is 9.92. The molecule has 27 heavy (non-hydrogen) atoms. The molecule has 1 atom stereocenters. The number of likely N-dealkylation sites (tertiary alicyclic amines) is 2. The lowest BCUT2D eigenvalue weighted by Crippen LogP contribution is -2.49. The second kappa shape index (κ2) is 8.05. The summed E-state index contributed by atoms with van der Waals surface area (Å²) in [6.07, 6.45) is 9.37. The Morgan fingerprint density at radius 1 is 1.04 bits per heavy atom. The molecule has 2 N–H and O–H groups in total. The number of piperidine rings is 1. The van der Waals surface area contributed by atoms with Gasteiger partial charge in [-0.3, -0.25) is 4.79 Å². The first-order valence-electron chi connectivity index (χ1n) is 9.92. The van der Waals surface area contributed by atoms with Crippen LogP contribution < -0.4 is 5.73 Å². The zero-order valence-corrected chi connectivity index (χ0v) is 15.7. The number of hydrogen-bond acceptors (Lipinski definition) is 5. The number of nitrogen functional groups attached to an aromatic ring is 1. The molecule has 2 aliphatic rings. The molecular formula is C21H27N5O. The zero-order valence-electron chi connectivity index (χ0n) is 15.7. The minimum atomic E-state index is 0.136. The Morgan fingerprint density at radius 2 is 1.78 bits per heavy atom. The normalized spacial score (nSPS) is 20.7. The number of nitrogens with zero attached hydrogens (tertiary/aromatic N) is 4. The molecule has 3 heterocycles. The monoisotopic (exact) mass is 365 g/mol. The van der Waals surface area contributed by atoms with Gasteiger partial charge >= 0.3 is 0 Å². The molecule has 0 bridgehead atoms. The predicted molar refractivity (Wildman–Crippen MR) is 106 cm³/mol. The fourth-order valence-electron chi connectivity index (χ4n) is 4.21. The highest BCUT2D eigenvalue weighted by atomic mass is 16.2. The summed E-state index contributed by atoms with van der Waals surface area (Å²) in [6.45, 7) is 4.21. The summed E-state index contributed by atoms with van der Waals surface area (Å²) in [6, 6.07) is 8.08. The molecule has 0 unspecified atom stereocenters. The lowest BCUT2D eigenvalue weighted by atomic mass is 9.99. The summed E-state index contributed by atoms with van der Waals surface area (Å²) in [4.78, 5) is 26.0. The van der Waals surface area contributed by atoms with E-state index in [0.717, 1.165) is 42.6 Å². The number of carbonyl (C=O) groups is 1. The highest BCUT2D eigenvalue weighted by Crippen LogP contribution is 2.24. The van der Waals surface area contributed by atoms with Gasteiger partial charge in [0, 0.05) is 42.7 Å². The molecule has 1 aromatic heterocycles. The summed E-state index contributed by atoms with van der Waals surface area (Å²) >= 11 is 0. The maximum atomic E-state index is 13.3. The average Bonchev–Trinajstić information content (AvgIpc) is 3.22. The number of nitrogens with two attached hydrogens (primary N) is 1. The van der Waals surface area contributed by atoms with Crippen LogP contribution in [-0.2, 0) is 0 Å². The number of carbonyl (C=O) groups excluding carboxylic acids is 1. The second-order valence-electron chi connectivity index (χ2n) is 7.57. The first kappa shape index (κ1) is 17.9. The fraction of sp³-hybridized carbons (Fsp3) is 0.476. The predicted octanol–water partition coefficient (Wildman–Crippen LogP) is 2.82. The van der Waals surface area contributed by atoms with Gasteiger partial charge in [-0.25, -0.2) is 9.97 Å². The van der Waals surface area contributed by atoms with Crippen molar-refractivity contribution >= 4 is 11.9 Å². The van der Waals surface area contributed by atoms with Crippen LogP contribution in [0.1, 0.15) is 42.5 Å². The summed E-state index contributed by atoms with van der Waals surface area (Å²) in [7, 11) is 0. The van der Waals surface area contributed by atoms with Crippen LogP contribution in [0.5, 0.6) is 0 Å². The van der Waals surface area contributed by atoms with Gasteiger partial charge in [-0.05, 0) is 62.9 Å². The Labute approximate surface area is 160 Å². The van der Waals surface area contributed by atoms with E-state index in [1.165, 1.54) is 32.4 Å². The van der Waals surface area contributed by atoms with Crippen LogP contribution in [-0.4, -0.2) is 57.9 Å². The van der Waals surface area contributed by atoms with Gasteiger partial charge in [0.05, 0.1) is 0 Å². The van der Waals surface area contributed by atoms with Crippen LogP contribution in [0.25, 0.3) is 11.1 Å². The van der Waals surface area contributed by atoms with E-state index in [-0.39, 0.29) is 11.9 Å². The Bertz CT molecular complexity index is 785. The van der Waals surface area contributed by atoms with E-state index in [1.807, 2.05) is 24.3 Å². The van der Waals surface area contributed by atoms with Crippen LogP contribution in [0.2, 0.25) is 0 Å². The van der Waals surface area contributed by atoms with Gasteiger partial charge in [0.2, 0.25) is 5.95 Å². The van der Waals surface area contributed by atoms with Gasteiger partial charge in [-0.15, -0.1) is 0 Å². The van der Waals surface area contributed by atoms with E-state index in [4.69, 9.17) is 5.73 Å². The number of benzene rings is 1. The van der Waals surface area contributed by atoms with Gasteiger partial charge in [0.1, 0.15) is 0 Å². The highest BCUT2D eigenvalue weighted by Gasteiger charge is 2.29. The lowest BCUT2D eigenvalue weighted by Gasteiger charge is -2.38.